The van der Waals surface area contributed by atoms with Crippen molar-refractivity contribution in [1.29, 1.82) is 0 Å². The second-order valence-corrected chi connectivity index (χ2v) is 5.91. The van der Waals surface area contributed by atoms with Crippen molar-refractivity contribution in [2.75, 3.05) is 12.4 Å². The van der Waals surface area contributed by atoms with Gasteiger partial charge in [0.2, 0.25) is 0 Å². The molecule has 0 N–H and O–H groups in total. The summed E-state index contributed by atoms with van der Waals surface area (Å²) in [6.45, 7) is 2.05. The van der Waals surface area contributed by atoms with Crippen LogP contribution in [0.3, 0.4) is 0 Å². The number of alkyl halides is 1. The summed E-state index contributed by atoms with van der Waals surface area (Å²) in [5.74, 6) is 0.345. The first-order valence-corrected chi connectivity index (χ1v) is 7.78. The van der Waals surface area contributed by atoms with Gasteiger partial charge in [-0.2, -0.15) is 0 Å². The molecule has 1 nitrogen and oxygen atoms in total. The van der Waals surface area contributed by atoms with E-state index in [9.17, 15) is 4.39 Å². The molecule has 0 spiro atoms. The number of rotatable bonds is 6. The topological polar surface area (TPSA) is 3.24 Å². The van der Waals surface area contributed by atoms with Crippen molar-refractivity contribution < 1.29 is 4.39 Å². The van der Waals surface area contributed by atoms with Crippen molar-refractivity contribution in [3.63, 3.8) is 0 Å². The first-order chi connectivity index (χ1) is 9.69. The Morgan fingerprint density at radius 1 is 1.05 bits per heavy atom. The van der Waals surface area contributed by atoms with Crippen LogP contribution >= 0.6 is 27.5 Å². The van der Waals surface area contributed by atoms with Crippen LogP contribution in [0.4, 0.5) is 4.39 Å². The third-order valence-corrected chi connectivity index (χ3v) is 3.72. The molecular formula is C16H16BrClFN. The molecule has 0 radical (unpaired) electrons. The Balaban J connectivity index is 2.09. The molecule has 4 heteroatoms. The lowest BCUT2D eigenvalue weighted by atomic mass is 10.1. The molecule has 0 bridgehead atoms. The first-order valence-electron chi connectivity index (χ1n) is 6.45. The number of halogens is 3. The lowest BCUT2D eigenvalue weighted by molar-refractivity contribution is 0.269. The molecule has 0 aliphatic heterocycles. The largest absolute Gasteiger partial charge is 0.294 e. The number of nitrogens with zero attached hydrogens (tertiary/aromatic N) is 1. The number of hydrogen-bond donors (Lipinski definition) is 0. The molecule has 0 aliphatic rings. The predicted molar refractivity (Wildman–Crippen MR) is 85.4 cm³/mol. The standard InChI is InChI=1S/C16H16BrClFN/c17-15-7-6-14(16(19)10-15)12-20(9-8-18)11-13-4-2-1-3-5-13/h1-7,10H,8-9,11-12H2. The van der Waals surface area contributed by atoms with Crippen LogP contribution in [0.15, 0.2) is 53.0 Å². The van der Waals surface area contributed by atoms with Crippen molar-refractivity contribution in [3.05, 3.63) is 69.9 Å². The van der Waals surface area contributed by atoms with Crippen molar-refractivity contribution in [3.8, 4) is 0 Å². The Morgan fingerprint density at radius 3 is 2.45 bits per heavy atom. The maximum absolute atomic E-state index is 13.9. The highest BCUT2D eigenvalue weighted by Gasteiger charge is 2.10. The third kappa shape index (κ3) is 4.58. The molecule has 0 aromatic heterocycles. The lowest BCUT2D eigenvalue weighted by Gasteiger charge is -2.21. The molecule has 0 saturated carbocycles. The summed E-state index contributed by atoms with van der Waals surface area (Å²) in [6.07, 6.45) is 0. The van der Waals surface area contributed by atoms with E-state index in [0.29, 0.717) is 18.0 Å². The van der Waals surface area contributed by atoms with Gasteiger partial charge in [-0.15, -0.1) is 11.6 Å². The molecule has 0 amide bonds. The summed E-state index contributed by atoms with van der Waals surface area (Å²) in [5.41, 5.74) is 1.89. The van der Waals surface area contributed by atoms with Crippen LogP contribution in [0.1, 0.15) is 11.1 Å². The Morgan fingerprint density at radius 2 is 1.80 bits per heavy atom. The molecule has 0 fully saturated rings. The second kappa shape index (κ2) is 7.77. The van der Waals surface area contributed by atoms with Crippen molar-refractivity contribution in [1.82, 2.24) is 4.90 Å². The summed E-state index contributed by atoms with van der Waals surface area (Å²) in [5, 5.41) is 0. The van der Waals surface area contributed by atoms with Gasteiger partial charge < -0.3 is 0 Å². The first kappa shape index (κ1) is 15.5. The van der Waals surface area contributed by atoms with Crippen LogP contribution < -0.4 is 0 Å². The fraction of sp³-hybridized carbons (Fsp3) is 0.250. The molecule has 106 valence electrons. The summed E-state index contributed by atoms with van der Waals surface area (Å²) < 4.78 is 14.7. The normalized spacial score (nSPS) is 11.0. The van der Waals surface area contributed by atoms with Crippen LogP contribution in [-0.2, 0) is 13.1 Å². The van der Waals surface area contributed by atoms with E-state index in [0.717, 1.165) is 17.6 Å². The van der Waals surface area contributed by atoms with Crippen molar-refractivity contribution in [2.45, 2.75) is 13.1 Å². The Hall–Kier alpha value is -0.900. The SMILES string of the molecule is Fc1cc(Br)ccc1CN(CCCl)Cc1ccccc1. The highest BCUT2D eigenvalue weighted by Crippen LogP contribution is 2.18. The van der Waals surface area contributed by atoms with E-state index in [1.165, 1.54) is 11.6 Å². The number of benzene rings is 2. The third-order valence-electron chi connectivity index (χ3n) is 3.06. The van der Waals surface area contributed by atoms with Crippen LogP contribution in [-0.4, -0.2) is 17.3 Å². The van der Waals surface area contributed by atoms with Gasteiger partial charge in [0, 0.05) is 35.6 Å². The summed E-state index contributed by atoms with van der Waals surface area (Å²) in [4.78, 5) is 2.15. The minimum atomic E-state index is -0.188. The van der Waals surface area contributed by atoms with E-state index in [-0.39, 0.29) is 5.82 Å². The van der Waals surface area contributed by atoms with Gasteiger partial charge in [0.25, 0.3) is 0 Å². The smallest absolute Gasteiger partial charge is 0.128 e. The van der Waals surface area contributed by atoms with Crippen LogP contribution in [0, 0.1) is 5.82 Å². The fourth-order valence-electron chi connectivity index (χ4n) is 2.07. The van der Waals surface area contributed by atoms with Crippen LogP contribution in [0.2, 0.25) is 0 Å². The van der Waals surface area contributed by atoms with Gasteiger partial charge in [-0.3, -0.25) is 4.90 Å². The quantitative estimate of drug-likeness (QED) is 0.670. The minimum Gasteiger partial charge on any atom is -0.294 e. The molecule has 0 atom stereocenters. The Bertz CT molecular complexity index is 547. The molecular weight excluding hydrogens is 341 g/mol. The molecule has 2 rings (SSSR count). The average Bonchev–Trinajstić information content (AvgIpc) is 2.43. The summed E-state index contributed by atoms with van der Waals surface area (Å²) >= 11 is 9.12. The van der Waals surface area contributed by atoms with Crippen molar-refractivity contribution in [2.24, 2.45) is 0 Å². The monoisotopic (exact) mass is 355 g/mol. The molecule has 0 saturated heterocycles. The molecule has 0 aliphatic carbocycles. The second-order valence-electron chi connectivity index (χ2n) is 4.62. The van der Waals surface area contributed by atoms with Gasteiger partial charge in [-0.25, -0.2) is 4.39 Å². The van der Waals surface area contributed by atoms with E-state index in [1.807, 2.05) is 30.3 Å². The van der Waals surface area contributed by atoms with Gasteiger partial charge in [0.1, 0.15) is 5.82 Å². The number of hydrogen-bond acceptors (Lipinski definition) is 1. The highest BCUT2D eigenvalue weighted by atomic mass is 79.9. The zero-order chi connectivity index (χ0) is 14.4. The van der Waals surface area contributed by atoms with Gasteiger partial charge >= 0.3 is 0 Å². The zero-order valence-corrected chi connectivity index (χ0v) is 13.4. The van der Waals surface area contributed by atoms with Crippen LogP contribution in [0.5, 0.6) is 0 Å². The maximum atomic E-state index is 13.9. The summed E-state index contributed by atoms with van der Waals surface area (Å²) in [7, 11) is 0. The Labute approximate surface area is 132 Å². The molecule has 0 unspecified atom stereocenters. The van der Waals surface area contributed by atoms with Gasteiger partial charge in [0.15, 0.2) is 0 Å². The molecule has 0 heterocycles. The molecule has 2 aromatic rings. The van der Waals surface area contributed by atoms with E-state index >= 15 is 0 Å². The van der Waals surface area contributed by atoms with Gasteiger partial charge in [-0.1, -0.05) is 52.3 Å². The zero-order valence-electron chi connectivity index (χ0n) is 11.0. The van der Waals surface area contributed by atoms with Gasteiger partial charge in [0.05, 0.1) is 0 Å². The lowest BCUT2D eigenvalue weighted by Crippen LogP contribution is -2.25. The summed E-state index contributed by atoms with van der Waals surface area (Å²) in [6, 6.07) is 15.3. The average molecular weight is 357 g/mol. The van der Waals surface area contributed by atoms with Gasteiger partial charge in [-0.05, 0) is 17.7 Å². The van der Waals surface area contributed by atoms with Crippen LogP contribution in [0.25, 0.3) is 0 Å². The Kier molecular flexibility index (Phi) is 6.02. The predicted octanol–water partition coefficient (Wildman–Crippen LogP) is 4.83. The molecule has 2 aromatic carbocycles. The minimum absolute atomic E-state index is 0.188. The maximum Gasteiger partial charge on any atom is 0.128 e. The fourth-order valence-corrected chi connectivity index (χ4v) is 2.64. The van der Waals surface area contributed by atoms with E-state index < -0.39 is 0 Å². The molecule has 20 heavy (non-hydrogen) atoms. The van der Waals surface area contributed by atoms with Crippen molar-refractivity contribution >= 4 is 27.5 Å². The highest BCUT2D eigenvalue weighted by molar-refractivity contribution is 9.10. The van der Waals surface area contributed by atoms with E-state index in [1.54, 1.807) is 0 Å². The van der Waals surface area contributed by atoms with E-state index in [2.05, 4.69) is 33.0 Å². The van der Waals surface area contributed by atoms with E-state index in [4.69, 9.17) is 11.6 Å².